The summed E-state index contributed by atoms with van der Waals surface area (Å²) in [4.78, 5) is 0. The average Bonchev–Trinajstić information content (AvgIpc) is 2.46. The Balaban J connectivity index is 1.79. The molecule has 0 aromatic heterocycles. The Kier molecular flexibility index (Phi) is 11.4. The van der Waals surface area contributed by atoms with E-state index in [4.69, 9.17) is 0 Å². The second kappa shape index (κ2) is 12.9. The summed E-state index contributed by atoms with van der Waals surface area (Å²) < 4.78 is 1.69. The van der Waals surface area contributed by atoms with Crippen LogP contribution in [0.2, 0.25) is 5.02 Å². The van der Waals surface area contributed by atoms with Crippen LogP contribution in [0.4, 0.5) is 0 Å². The molecule has 0 bridgehead atoms. The van der Waals surface area contributed by atoms with Crippen LogP contribution in [0.15, 0.2) is 30.3 Å². The molecule has 0 saturated carbocycles. The Labute approximate surface area is 128 Å². The van der Waals surface area contributed by atoms with Crippen LogP contribution in [0.3, 0.4) is 0 Å². The first-order valence-electron chi connectivity index (χ1n) is 8.47. The van der Waals surface area contributed by atoms with Gasteiger partial charge in [-0.15, -0.1) is 0 Å². The summed E-state index contributed by atoms with van der Waals surface area (Å²) in [6, 6.07) is 11.2. The first-order chi connectivity index (χ1) is 9.43. The average molecular weight is 312 g/mol. The molecule has 0 saturated heterocycles. The van der Waals surface area contributed by atoms with Gasteiger partial charge in [-0.1, -0.05) is 0 Å². The minimum atomic E-state index is -0.394. The summed E-state index contributed by atoms with van der Waals surface area (Å²) in [5, 5.41) is 1.55. The molecule has 0 aliphatic heterocycles. The van der Waals surface area contributed by atoms with Crippen molar-refractivity contribution < 1.29 is 17.1 Å². The molecule has 0 unspecified atom stereocenters. The van der Waals surface area contributed by atoms with E-state index in [2.05, 4.69) is 37.3 Å². The van der Waals surface area contributed by atoms with Gasteiger partial charge in [-0.05, 0) is 0 Å². The van der Waals surface area contributed by atoms with E-state index in [0.717, 1.165) is 0 Å². The molecular formula is C18H30Zn. The van der Waals surface area contributed by atoms with Crippen molar-refractivity contribution in [3.63, 3.8) is 0 Å². The van der Waals surface area contributed by atoms with Crippen LogP contribution in [-0.2, 0) is 17.1 Å². The third kappa shape index (κ3) is 10.3. The standard InChI is InChI=1S/C12H25.C6H5.Zn/c1-3-5-7-9-11-12-10-8-6-4-2;1-2-4-6-5-3-1;/h1,3-12H2,2H3;1-5H;. The van der Waals surface area contributed by atoms with Gasteiger partial charge in [-0.3, -0.25) is 0 Å². The summed E-state index contributed by atoms with van der Waals surface area (Å²) in [5.41, 5.74) is 0. The number of unbranched alkanes of at least 4 members (excludes halogenated alkanes) is 9. The van der Waals surface area contributed by atoms with Crippen LogP contribution in [-0.4, -0.2) is 0 Å². The van der Waals surface area contributed by atoms with E-state index >= 15 is 0 Å². The molecule has 1 heteroatoms. The topological polar surface area (TPSA) is 0 Å². The third-order valence-corrected chi connectivity index (χ3v) is 7.90. The third-order valence-electron chi connectivity index (χ3n) is 3.91. The van der Waals surface area contributed by atoms with Crippen LogP contribution >= 0.6 is 0 Å². The molecule has 0 spiro atoms. The van der Waals surface area contributed by atoms with Gasteiger partial charge >= 0.3 is 128 Å². The fourth-order valence-corrected chi connectivity index (χ4v) is 6.03. The zero-order chi connectivity index (χ0) is 13.6. The Hall–Kier alpha value is -0.157. The fraction of sp³-hybridized carbons (Fsp3) is 0.667. The van der Waals surface area contributed by atoms with E-state index < -0.39 is 17.1 Å². The molecular weight excluding hydrogens is 282 g/mol. The minimum absolute atomic E-state index is 0.394. The molecule has 104 valence electrons. The van der Waals surface area contributed by atoms with Crippen molar-refractivity contribution in [2.45, 2.75) is 76.1 Å². The van der Waals surface area contributed by atoms with E-state index in [1.807, 2.05) is 0 Å². The molecule has 19 heavy (non-hydrogen) atoms. The Bertz CT molecular complexity index is 281. The van der Waals surface area contributed by atoms with Crippen molar-refractivity contribution in [3.8, 4) is 0 Å². The van der Waals surface area contributed by atoms with Gasteiger partial charge in [0.15, 0.2) is 0 Å². The maximum absolute atomic E-state index is 2.33. The Morgan fingerprint density at radius 3 is 1.79 bits per heavy atom. The molecule has 1 rings (SSSR count). The van der Waals surface area contributed by atoms with Crippen molar-refractivity contribution >= 4 is 4.16 Å². The van der Waals surface area contributed by atoms with Crippen LogP contribution in [0.1, 0.15) is 71.1 Å². The van der Waals surface area contributed by atoms with Gasteiger partial charge in [0.25, 0.3) is 0 Å². The van der Waals surface area contributed by atoms with Gasteiger partial charge in [0.05, 0.1) is 0 Å². The summed E-state index contributed by atoms with van der Waals surface area (Å²) in [6.45, 7) is 2.29. The number of rotatable bonds is 12. The zero-order valence-electron chi connectivity index (χ0n) is 12.9. The molecule has 0 radical (unpaired) electrons. The van der Waals surface area contributed by atoms with E-state index in [-0.39, 0.29) is 0 Å². The molecule has 0 N–H and O–H groups in total. The number of benzene rings is 1. The van der Waals surface area contributed by atoms with E-state index in [1.165, 1.54) is 64.2 Å². The molecule has 1 aromatic rings. The first-order valence-corrected chi connectivity index (χ1v) is 12.1. The number of hydrogen-bond acceptors (Lipinski definition) is 0. The molecule has 0 fully saturated rings. The van der Waals surface area contributed by atoms with Crippen molar-refractivity contribution in [2.24, 2.45) is 0 Å². The quantitative estimate of drug-likeness (QED) is 0.341. The van der Waals surface area contributed by atoms with Gasteiger partial charge in [0.2, 0.25) is 0 Å². The summed E-state index contributed by atoms with van der Waals surface area (Å²) >= 11 is -0.394. The maximum atomic E-state index is 2.33. The van der Waals surface area contributed by atoms with E-state index in [0.29, 0.717) is 0 Å². The molecule has 0 aliphatic rings. The molecule has 0 atom stereocenters. The monoisotopic (exact) mass is 310 g/mol. The summed E-state index contributed by atoms with van der Waals surface area (Å²) in [7, 11) is 0. The van der Waals surface area contributed by atoms with Gasteiger partial charge in [-0.25, -0.2) is 0 Å². The van der Waals surface area contributed by atoms with Crippen LogP contribution in [0.25, 0.3) is 0 Å². The van der Waals surface area contributed by atoms with Crippen LogP contribution in [0.5, 0.6) is 0 Å². The normalized spacial score (nSPS) is 10.4. The van der Waals surface area contributed by atoms with Gasteiger partial charge in [0, 0.05) is 0 Å². The molecule has 0 nitrogen and oxygen atoms in total. The molecule has 0 heterocycles. The Morgan fingerprint density at radius 2 is 1.21 bits per heavy atom. The van der Waals surface area contributed by atoms with Crippen molar-refractivity contribution in [3.05, 3.63) is 30.3 Å². The van der Waals surface area contributed by atoms with Crippen molar-refractivity contribution in [1.82, 2.24) is 0 Å². The fourth-order valence-electron chi connectivity index (χ4n) is 2.64. The predicted octanol–water partition coefficient (Wildman–Crippen LogP) is 5.73. The second-order valence-electron chi connectivity index (χ2n) is 5.77. The molecule has 0 amide bonds. The van der Waals surface area contributed by atoms with E-state index in [9.17, 15) is 0 Å². The summed E-state index contributed by atoms with van der Waals surface area (Å²) in [5.74, 6) is 0. The predicted molar refractivity (Wildman–Crippen MR) is 82.7 cm³/mol. The van der Waals surface area contributed by atoms with Crippen molar-refractivity contribution in [1.29, 1.82) is 0 Å². The van der Waals surface area contributed by atoms with Crippen molar-refractivity contribution in [2.75, 3.05) is 0 Å². The van der Waals surface area contributed by atoms with Crippen LogP contribution < -0.4 is 4.16 Å². The van der Waals surface area contributed by atoms with Gasteiger partial charge in [0.1, 0.15) is 0 Å². The second-order valence-corrected chi connectivity index (χ2v) is 10.0. The SMILES string of the molecule is CCCCCCCCCCC[CH2][Zn][c]1ccccc1. The zero-order valence-corrected chi connectivity index (χ0v) is 15.8. The van der Waals surface area contributed by atoms with E-state index in [1.54, 1.807) is 9.17 Å². The Morgan fingerprint density at radius 1 is 0.684 bits per heavy atom. The van der Waals surface area contributed by atoms with Gasteiger partial charge < -0.3 is 0 Å². The van der Waals surface area contributed by atoms with Crippen LogP contribution in [0, 0.1) is 0 Å². The first kappa shape index (κ1) is 16.9. The molecule has 0 aliphatic carbocycles. The van der Waals surface area contributed by atoms with Gasteiger partial charge in [-0.2, -0.15) is 0 Å². The number of hydrogen-bond donors (Lipinski definition) is 0. The summed E-state index contributed by atoms with van der Waals surface area (Å²) in [6.07, 6.45) is 14.6. The molecule has 1 aromatic carbocycles.